The van der Waals surface area contributed by atoms with Gasteiger partial charge in [0, 0.05) is 12.6 Å². The SMILES string of the molecule is CC[C@@H](C)NC(=O)[C@H](C)N(Cc1ccc(Cl)c(Cl)c1)C(=O)CN(c1ccccc1F)S(=O)(=O)c1ccc(C)cc1. The number of aryl methyl sites for hydroxylation is 1. The van der Waals surface area contributed by atoms with Gasteiger partial charge in [-0.3, -0.25) is 13.9 Å². The largest absolute Gasteiger partial charge is 0.352 e. The van der Waals surface area contributed by atoms with Crippen LogP contribution in [0.4, 0.5) is 10.1 Å². The molecule has 11 heteroatoms. The second kappa shape index (κ2) is 13.5. The predicted octanol–water partition coefficient (Wildman–Crippen LogP) is 5.97. The minimum absolute atomic E-state index is 0.0689. The van der Waals surface area contributed by atoms with Crippen molar-refractivity contribution in [2.24, 2.45) is 0 Å². The topological polar surface area (TPSA) is 86.8 Å². The first-order valence-electron chi connectivity index (χ1n) is 12.7. The molecule has 3 aromatic carbocycles. The van der Waals surface area contributed by atoms with Gasteiger partial charge in [-0.25, -0.2) is 12.8 Å². The maximum Gasteiger partial charge on any atom is 0.264 e. The molecule has 0 radical (unpaired) electrons. The second-order valence-corrected chi connectivity index (χ2v) is 12.2. The van der Waals surface area contributed by atoms with Crippen molar-refractivity contribution in [3.63, 3.8) is 0 Å². The van der Waals surface area contributed by atoms with Crippen molar-refractivity contribution in [2.75, 3.05) is 10.8 Å². The van der Waals surface area contributed by atoms with Gasteiger partial charge in [0.2, 0.25) is 11.8 Å². The number of nitrogens with zero attached hydrogens (tertiary/aromatic N) is 2. The van der Waals surface area contributed by atoms with Crippen LogP contribution < -0.4 is 9.62 Å². The monoisotopic (exact) mass is 607 g/mol. The van der Waals surface area contributed by atoms with Crippen molar-refractivity contribution in [1.29, 1.82) is 0 Å². The fourth-order valence-corrected chi connectivity index (χ4v) is 5.63. The number of anilines is 1. The van der Waals surface area contributed by atoms with Crippen LogP contribution in [-0.4, -0.2) is 43.8 Å². The van der Waals surface area contributed by atoms with Crippen molar-refractivity contribution >= 4 is 50.7 Å². The first-order chi connectivity index (χ1) is 18.8. The van der Waals surface area contributed by atoms with E-state index in [1.807, 2.05) is 13.8 Å². The Balaban J connectivity index is 2.05. The summed E-state index contributed by atoms with van der Waals surface area (Å²) in [6.07, 6.45) is 0.676. The van der Waals surface area contributed by atoms with E-state index in [1.165, 1.54) is 35.2 Å². The van der Waals surface area contributed by atoms with E-state index in [0.717, 1.165) is 15.9 Å². The number of rotatable bonds is 11. The molecule has 7 nitrogen and oxygen atoms in total. The van der Waals surface area contributed by atoms with Gasteiger partial charge in [-0.05, 0) is 69.2 Å². The highest BCUT2D eigenvalue weighted by atomic mass is 35.5. The molecular formula is C29H32Cl2FN3O4S. The van der Waals surface area contributed by atoms with Crippen molar-refractivity contribution < 1.29 is 22.4 Å². The van der Waals surface area contributed by atoms with Crippen molar-refractivity contribution in [3.05, 3.63) is 93.7 Å². The quantitative estimate of drug-likeness (QED) is 0.291. The minimum atomic E-state index is -4.37. The maximum atomic E-state index is 15.0. The molecular weight excluding hydrogens is 576 g/mol. The van der Waals surface area contributed by atoms with Crippen LogP contribution in [-0.2, 0) is 26.2 Å². The number of benzene rings is 3. The number of halogens is 3. The van der Waals surface area contributed by atoms with Crippen LogP contribution in [0.5, 0.6) is 0 Å². The Morgan fingerprint density at radius 2 is 1.62 bits per heavy atom. The average Bonchev–Trinajstić information content (AvgIpc) is 2.92. The molecule has 0 fully saturated rings. The third kappa shape index (κ3) is 7.53. The van der Waals surface area contributed by atoms with Gasteiger partial charge in [0.15, 0.2) is 0 Å². The van der Waals surface area contributed by atoms with Crippen LogP contribution in [0.3, 0.4) is 0 Å². The number of nitrogens with one attached hydrogen (secondary N) is 1. The number of carbonyl (C=O) groups is 2. The lowest BCUT2D eigenvalue weighted by atomic mass is 10.1. The van der Waals surface area contributed by atoms with Gasteiger partial charge >= 0.3 is 0 Å². The first kappa shape index (κ1) is 31.4. The molecule has 3 aromatic rings. The zero-order valence-corrected chi connectivity index (χ0v) is 25.0. The average molecular weight is 609 g/mol. The second-order valence-electron chi connectivity index (χ2n) is 9.54. The van der Waals surface area contributed by atoms with Crippen LogP contribution in [0.15, 0.2) is 71.6 Å². The van der Waals surface area contributed by atoms with Gasteiger partial charge in [-0.15, -0.1) is 0 Å². The summed E-state index contributed by atoms with van der Waals surface area (Å²) in [4.78, 5) is 28.1. The Bertz CT molecular complexity index is 1470. The van der Waals surface area contributed by atoms with Crippen LogP contribution in [0.2, 0.25) is 10.0 Å². The highest BCUT2D eigenvalue weighted by molar-refractivity contribution is 7.92. The van der Waals surface area contributed by atoms with Gasteiger partial charge in [0.1, 0.15) is 18.4 Å². The molecule has 2 amide bonds. The van der Waals surface area contributed by atoms with Gasteiger partial charge in [0.25, 0.3) is 10.0 Å². The van der Waals surface area contributed by atoms with Gasteiger partial charge in [-0.1, -0.05) is 66.0 Å². The molecule has 0 saturated carbocycles. The van der Waals surface area contributed by atoms with E-state index in [9.17, 15) is 22.4 Å². The fourth-order valence-electron chi connectivity index (χ4n) is 3.89. The molecule has 2 atom stereocenters. The Kier molecular flexibility index (Phi) is 10.6. The van der Waals surface area contributed by atoms with E-state index in [-0.39, 0.29) is 28.2 Å². The molecule has 0 aliphatic heterocycles. The first-order valence-corrected chi connectivity index (χ1v) is 14.9. The zero-order chi connectivity index (χ0) is 29.6. The molecule has 0 spiro atoms. The zero-order valence-electron chi connectivity index (χ0n) is 22.7. The van der Waals surface area contributed by atoms with Crippen LogP contribution >= 0.6 is 23.2 Å². The molecule has 0 aromatic heterocycles. The smallest absolute Gasteiger partial charge is 0.264 e. The number of hydrogen-bond acceptors (Lipinski definition) is 4. The van der Waals surface area contributed by atoms with Crippen molar-refractivity contribution in [2.45, 2.75) is 57.6 Å². The number of sulfonamides is 1. The predicted molar refractivity (Wildman–Crippen MR) is 156 cm³/mol. The van der Waals surface area contributed by atoms with Crippen molar-refractivity contribution in [1.82, 2.24) is 10.2 Å². The van der Waals surface area contributed by atoms with E-state index in [1.54, 1.807) is 44.2 Å². The maximum absolute atomic E-state index is 15.0. The van der Waals surface area contributed by atoms with E-state index in [2.05, 4.69) is 5.32 Å². The molecule has 40 heavy (non-hydrogen) atoms. The molecule has 0 saturated heterocycles. The number of para-hydroxylation sites is 1. The fraction of sp³-hybridized carbons (Fsp3) is 0.310. The number of amides is 2. The van der Waals surface area contributed by atoms with Gasteiger partial charge in [0.05, 0.1) is 20.6 Å². The Hall–Kier alpha value is -3.14. The summed E-state index contributed by atoms with van der Waals surface area (Å²) in [6, 6.07) is 15.0. The van der Waals surface area contributed by atoms with E-state index in [0.29, 0.717) is 17.0 Å². The molecule has 3 rings (SSSR count). The number of hydrogen-bond donors (Lipinski definition) is 1. The summed E-state index contributed by atoms with van der Waals surface area (Å²) >= 11 is 12.2. The van der Waals surface area contributed by atoms with Gasteiger partial charge < -0.3 is 10.2 Å². The van der Waals surface area contributed by atoms with Crippen molar-refractivity contribution in [3.8, 4) is 0 Å². The third-order valence-corrected chi connectivity index (χ3v) is 9.03. The summed E-state index contributed by atoms with van der Waals surface area (Å²) in [5.74, 6) is -1.94. The Morgan fingerprint density at radius 1 is 0.975 bits per heavy atom. The summed E-state index contributed by atoms with van der Waals surface area (Å²) in [5, 5.41) is 3.44. The Morgan fingerprint density at radius 3 is 2.23 bits per heavy atom. The lowest BCUT2D eigenvalue weighted by Gasteiger charge is -2.32. The molecule has 0 bridgehead atoms. The molecule has 0 aliphatic carbocycles. The molecule has 0 unspecified atom stereocenters. The highest BCUT2D eigenvalue weighted by Crippen LogP contribution is 2.28. The highest BCUT2D eigenvalue weighted by Gasteiger charge is 2.33. The standard InChI is InChI=1S/C29H32Cl2FN3O4S/c1-5-20(3)33-29(37)21(4)34(17-22-12-15-24(30)25(31)16-22)28(36)18-35(27-9-7-6-8-26(27)32)40(38,39)23-13-10-19(2)11-14-23/h6-16,20-21H,5,17-18H2,1-4H3,(H,33,37)/t20-,21+/m1/s1. The third-order valence-electron chi connectivity index (χ3n) is 6.51. The lowest BCUT2D eigenvalue weighted by molar-refractivity contribution is -0.139. The number of carbonyl (C=O) groups excluding carboxylic acids is 2. The Labute approximate surface area is 244 Å². The summed E-state index contributed by atoms with van der Waals surface area (Å²) in [5.41, 5.74) is 1.12. The summed E-state index contributed by atoms with van der Waals surface area (Å²) in [6.45, 7) is 6.29. The normalized spacial score (nSPS) is 12.9. The van der Waals surface area contributed by atoms with Gasteiger partial charge in [-0.2, -0.15) is 0 Å². The van der Waals surface area contributed by atoms with Crippen LogP contribution in [0, 0.1) is 12.7 Å². The van der Waals surface area contributed by atoms with Crippen LogP contribution in [0.25, 0.3) is 0 Å². The molecule has 0 heterocycles. The van der Waals surface area contributed by atoms with E-state index >= 15 is 0 Å². The minimum Gasteiger partial charge on any atom is -0.352 e. The molecule has 0 aliphatic rings. The van der Waals surface area contributed by atoms with E-state index < -0.39 is 40.2 Å². The molecule has 1 N–H and O–H groups in total. The summed E-state index contributed by atoms with van der Waals surface area (Å²) < 4.78 is 43.2. The molecule has 214 valence electrons. The summed E-state index contributed by atoms with van der Waals surface area (Å²) in [7, 11) is -4.37. The van der Waals surface area contributed by atoms with Crippen LogP contribution in [0.1, 0.15) is 38.3 Å². The van der Waals surface area contributed by atoms with E-state index in [4.69, 9.17) is 23.2 Å². The lowest BCUT2D eigenvalue weighted by Crippen LogP contribution is -2.52.